The summed E-state index contributed by atoms with van der Waals surface area (Å²) in [5.74, 6) is -2.47. The van der Waals surface area contributed by atoms with Gasteiger partial charge in [-0.1, -0.05) is 0 Å². The normalized spacial score (nSPS) is 12.8. The SMILES string of the molecule is NCCCC[C@H](NC(=O)[C@H](CCCCN)NC(=O)[C@H](CCCCNC(=O)CCS)NC(=O)CCS)C(=O)NCCC(=O)O. The van der Waals surface area contributed by atoms with Crippen LogP contribution in [0.15, 0.2) is 0 Å². The van der Waals surface area contributed by atoms with Crippen LogP contribution in [0.25, 0.3) is 0 Å². The van der Waals surface area contributed by atoms with Crippen molar-refractivity contribution in [3.8, 4) is 0 Å². The third-order valence-electron chi connectivity index (χ3n) is 6.37. The lowest BCUT2D eigenvalue weighted by Crippen LogP contribution is -2.56. The average molecular weight is 650 g/mol. The highest BCUT2D eigenvalue weighted by atomic mass is 32.1. The Bertz CT molecular complexity index is 868. The largest absolute Gasteiger partial charge is 0.481 e. The highest BCUT2D eigenvalue weighted by molar-refractivity contribution is 7.80. The molecule has 0 radical (unpaired) electrons. The Hall–Kier alpha value is -2.56. The molecule has 0 aliphatic carbocycles. The van der Waals surface area contributed by atoms with Gasteiger partial charge in [-0.2, -0.15) is 25.3 Å². The Kier molecular flexibility index (Phi) is 24.4. The number of carbonyl (C=O) groups excluding carboxylic acids is 5. The number of carboxylic acid groups (broad SMARTS) is 1. The first-order valence-electron chi connectivity index (χ1n) is 14.9. The molecule has 0 fully saturated rings. The molecule has 0 spiro atoms. The molecule has 0 heterocycles. The van der Waals surface area contributed by atoms with Crippen molar-refractivity contribution in [2.24, 2.45) is 11.5 Å². The zero-order valence-electron chi connectivity index (χ0n) is 24.9. The first kappa shape index (κ1) is 40.4. The highest BCUT2D eigenvalue weighted by Crippen LogP contribution is 2.08. The number of nitrogens with one attached hydrogen (secondary N) is 5. The van der Waals surface area contributed by atoms with E-state index >= 15 is 0 Å². The summed E-state index contributed by atoms with van der Waals surface area (Å²) in [6.45, 7) is 1.11. The van der Waals surface area contributed by atoms with E-state index in [9.17, 15) is 28.8 Å². The van der Waals surface area contributed by atoms with E-state index < -0.39 is 41.8 Å². The molecular weight excluding hydrogens is 598 g/mol. The van der Waals surface area contributed by atoms with E-state index in [0.29, 0.717) is 76.1 Å². The van der Waals surface area contributed by atoms with Crippen LogP contribution in [0.4, 0.5) is 0 Å². The van der Waals surface area contributed by atoms with Gasteiger partial charge in [-0.15, -0.1) is 0 Å². The molecule has 0 aliphatic heterocycles. The van der Waals surface area contributed by atoms with E-state index in [4.69, 9.17) is 16.6 Å². The molecule has 16 heteroatoms. The van der Waals surface area contributed by atoms with Crippen molar-refractivity contribution in [2.45, 2.75) is 95.2 Å². The minimum absolute atomic E-state index is 0.0966. The molecule has 0 saturated carbocycles. The fourth-order valence-corrected chi connectivity index (χ4v) is 4.42. The van der Waals surface area contributed by atoms with Crippen molar-refractivity contribution in [2.75, 3.05) is 37.7 Å². The van der Waals surface area contributed by atoms with E-state index in [-0.39, 0.29) is 50.5 Å². The Morgan fingerprint density at radius 1 is 0.558 bits per heavy atom. The van der Waals surface area contributed by atoms with E-state index in [1.54, 1.807) is 0 Å². The van der Waals surface area contributed by atoms with Gasteiger partial charge in [-0.05, 0) is 82.4 Å². The number of rotatable bonds is 26. The van der Waals surface area contributed by atoms with Crippen molar-refractivity contribution in [1.29, 1.82) is 0 Å². The summed E-state index contributed by atoms with van der Waals surface area (Å²) in [5, 5.41) is 22.3. The lowest BCUT2D eigenvalue weighted by molar-refractivity contribution is -0.137. The van der Waals surface area contributed by atoms with Crippen LogP contribution in [0.3, 0.4) is 0 Å². The number of nitrogens with two attached hydrogens (primary N) is 2. The standard InChI is InChI=1S/C27H51N7O7S2/c28-13-4-1-7-19(25(39)31-16-10-24(37)38)33-27(41)21(8-2-5-14-29)34-26(40)20(32-23(36)12-18-43)9-3-6-15-30-22(35)11-17-42/h19-21,42-43H,1-18,28-29H2,(H,30,35)(H,31,39)(H,32,36)(H,33,41)(H,34,40)(H,37,38)/t19-,20-,21-/m0/s1. The van der Waals surface area contributed by atoms with E-state index in [0.717, 1.165) is 0 Å². The number of thiol groups is 2. The van der Waals surface area contributed by atoms with E-state index in [1.807, 2.05) is 0 Å². The van der Waals surface area contributed by atoms with Gasteiger partial charge in [0.25, 0.3) is 0 Å². The summed E-state index contributed by atoms with van der Waals surface area (Å²) >= 11 is 8.10. The third kappa shape index (κ3) is 20.9. The molecule has 0 unspecified atom stereocenters. The molecule has 0 aromatic carbocycles. The number of hydrogen-bond acceptors (Lipinski definition) is 10. The molecule has 0 aliphatic rings. The summed E-state index contributed by atoms with van der Waals surface area (Å²) in [4.78, 5) is 74.3. The molecular formula is C27H51N7O7S2. The fourth-order valence-electron chi connectivity index (χ4n) is 4.01. The molecule has 0 saturated heterocycles. The van der Waals surface area contributed by atoms with E-state index in [1.165, 1.54) is 0 Å². The monoisotopic (exact) mass is 649 g/mol. The molecule has 0 bridgehead atoms. The minimum Gasteiger partial charge on any atom is -0.481 e. The molecule has 14 nitrogen and oxygen atoms in total. The molecule has 10 N–H and O–H groups in total. The van der Waals surface area contributed by atoms with Crippen molar-refractivity contribution in [1.82, 2.24) is 26.6 Å². The second-order valence-corrected chi connectivity index (χ2v) is 10.9. The maximum atomic E-state index is 13.4. The van der Waals surface area contributed by atoms with Gasteiger partial charge in [0.05, 0.1) is 6.42 Å². The van der Waals surface area contributed by atoms with Crippen molar-refractivity contribution in [3.63, 3.8) is 0 Å². The molecule has 3 atom stereocenters. The Balaban J connectivity index is 5.56. The molecule has 0 aromatic rings. The Morgan fingerprint density at radius 3 is 1.51 bits per heavy atom. The number of amides is 5. The molecule has 248 valence electrons. The van der Waals surface area contributed by atoms with Crippen LogP contribution in [-0.2, 0) is 28.8 Å². The summed E-state index contributed by atoms with van der Waals surface area (Å²) in [6, 6.07) is -2.89. The fraction of sp³-hybridized carbons (Fsp3) is 0.778. The molecule has 0 aromatic heterocycles. The topological polar surface area (TPSA) is 235 Å². The van der Waals surface area contributed by atoms with Crippen LogP contribution >= 0.6 is 25.3 Å². The van der Waals surface area contributed by atoms with Gasteiger partial charge >= 0.3 is 5.97 Å². The zero-order valence-corrected chi connectivity index (χ0v) is 26.7. The number of carbonyl (C=O) groups is 6. The van der Waals surface area contributed by atoms with Gasteiger partial charge in [0, 0.05) is 25.9 Å². The van der Waals surface area contributed by atoms with Crippen molar-refractivity contribution >= 4 is 60.8 Å². The number of carboxylic acids is 1. The van der Waals surface area contributed by atoms with Crippen LogP contribution in [0.5, 0.6) is 0 Å². The van der Waals surface area contributed by atoms with Crippen LogP contribution in [0, 0.1) is 0 Å². The summed E-state index contributed by atoms with van der Waals surface area (Å²) in [6.07, 6.45) is 4.34. The van der Waals surface area contributed by atoms with Gasteiger partial charge in [-0.3, -0.25) is 28.8 Å². The van der Waals surface area contributed by atoms with Crippen molar-refractivity contribution < 1.29 is 33.9 Å². The summed E-state index contributed by atoms with van der Waals surface area (Å²) < 4.78 is 0. The lowest BCUT2D eigenvalue weighted by atomic mass is 10.0. The zero-order chi connectivity index (χ0) is 32.5. The predicted molar refractivity (Wildman–Crippen MR) is 171 cm³/mol. The molecule has 0 rings (SSSR count). The first-order valence-corrected chi connectivity index (χ1v) is 16.1. The van der Waals surface area contributed by atoms with Gasteiger partial charge in [0.15, 0.2) is 0 Å². The average Bonchev–Trinajstić information content (AvgIpc) is 2.95. The number of aliphatic carboxylic acids is 1. The Labute approximate surface area is 265 Å². The van der Waals surface area contributed by atoms with Crippen LogP contribution in [-0.4, -0.2) is 96.4 Å². The quantitative estimate of drug-likeness (QED) is 0.0417. The maximum Gasteiger partial charge on any atom is 0.305 e. The van der Waals surface area contributed by atoms with Crippen LogP contribution in [0.2, 0.25) is 0 Å². The lowest BCUT2D eigenvalue weighted by Gasteiger charge is -2.25. The van der Waals surface area contributed by atoms with Gasteiger partial charge in [0.2, 0.25) is 29.5 Å². The third-order valence-corrected chi connectivity index (χ3v) is 6.82. The van der Waals surface area contributed by atoms with Crippen LogP contribution < -0.4 is 38.1 Å². The number of unbranched alkanes of at least 4 members (excludes halogenated alkanes) is 3. The summed E-state index contributed by atoms with van der Waals surface area (Å²) in [5.41, 5.74) is 11.2. The smallest absolute Gasteiger partial charge is 0.305 e. The van der Waals surface area contributed by atoms with Gasteiger partial charge in [-0.25, -0.2) is 0 Å². The maximum absolute atomic E-state index is 13.4. The van der Waals surface area contributed by atoms with E-state index in [2.05, 4.69) is 51.8 Å². The second kappa shape index (κ2) is 25.9. The highest BCUT2D eigenvalue weighted by Gasteiger charge is 2.29. The molecule has 5 amide bonds. The summed E-state index contributed by atoms with van der Waals surface area (Å²) in [7, 11) is 0. The second-order valence-electron chi connectivity index (χ2n) is 10.0. The number of hydrogen-bond donors (Lipinski definition) is 10. The van der Waals surface area contributed by atoms with Crippen molar-refractivity contribution in [3.05, 3.63) is 0 Å². The predicted octanol–water partition coefficient (Wildman–Crippen LogP) is -0.784. The van der Waals surface area contributed by atoms with Gasteiger partial charge in [0.1, 0.15) is 18.1 Å². The minimum atomic E-state index is -1.07. The molecule has 43 heavy (non-hydrogen) atoms. The van der Waals surface area contributed by atoms with Gasteiger partial charge < -0.3 is 43.2 Å². The first-order chi connectivity index (χ1) is 20.6. The van der Waals surface area contributed by atoms with Crippen LogP contribution in [0.1, 0.15) is 77.0 Å². The Morgan fingerprint density at radius 2 is 1.02 bits per heavy atom.